The Labute approximate surface area is 134 Å². The standard InChI is InChI=1S/C6H11N2.C4HF10O2P/c1-3-8-5-4-7(2)6-8;5-1(6,7)3(11,12)17(15,16)4(13,14)2(8,9)10/h4-6H,3H2,1-2H3;(H,15,16)/q+1;/p-1. The van der Waals surface area contributed by atoms with Crippen LogP contribution in [0, 0.1) is 0 Å². The SMILES string of the molecule is CCn1cc[n+](C)c1.O=P([O-])(C(F)(F)C(F)(F)F)C(F)(F)C(F)(F)F. The third-order valence-electron chi connectivity index (χ3n) is 2.61. The van der Waals surface area contributed by atoms with Crippen LogP contribution in [0.25, 0.3) is 0 Å². The van der Waals surface area contributed by atoms with Crippen molar-refractivity contribution >= 4 is 7.37 Å². The van der Waals surface area contributed by atoms with Crippen molar-refractivity contribution in [1.29, 1.82) is 0 Å². The van der Waals surface area contributed by atoms with Crippen molar-refractivity contribution in [3.8, 4) is 0 Å². The summed E-state index contributed by atoms with van der Waals surface area (Å²) in [6.45, 7) is 3.18. The van der Waals surface area contributed by atoms with Crippen molar-refractivity contribution in [2.75, 3.05) is 0 Å². The molecule has 0 saturated carbocycles. The van der Waals surface area contributed by atoms with Crippen molar-refractivity contribution in [3.05, 3.63) is 18.7 Å². The summed E-state index contributed by atoms with van der Waals surface area (Å²) >= 11 is 0. The van der Waals surface area contributed by atoms with Crippen LogP contribution in [0.1, 0.15) is 6.92 Å². The van der Waals surface area contributed by atoms with E-state index in [9.17, 15) is 53.4 Å². The first-order valence-electron chi connectivity index (χ1n) is 6.04. The van der Waals surface area contributed by atoms with Crippen LogP contribution in [0.3, 0.4) is 0 Å². The fourth-order valence-corrected chi connectivity index (χ4v) is 2.22. The Balaban J connectivity index is 0.000000593. The largest absolute Gasteiger partial charge is 0.790 e. The minimum atomic E-state index is -8.51. The van der Waals surface area contributed by atoms with Gasteiger partial charge in [0, 0.05) is 0 Å². The highest BCUT2D eigenvalue weighted by molar-refractivity contribution is 7.59. The van der Waals surface area contributed by atoms with Gasteiger partial charge in [0.15, 0.2) is 7.37 Å². The summed E-state index contributed by atoms with van der Waals surface area (Å²) in [7, 11) is -6.49. The molecule has 1 rings (SSSR count). The van der Waals surface area contributed by atoms with Crippen LogP contribution in [0.4, 0.5) is 43.9 Å². The van der Waals surface area contributed by atoms with Crippen LogP contribution < -0.4 is 9.46 Å². The predicted octanol–water partition coefficient (Wildman–Crippen LogP) is 3.27. The third kappa shape index (κ3) is 4.66. The Morgan fingerprint density at radius 2 is 1.32 bits per heavy atom. The maximum atomic E-state index is 12.1. The van der Waals surface area contributed by atoms with Crippen LogP contribution in [0.15, 0.2) is 18.7 Å². The molecule has 1 heterocycles. The van der Waals surface area contributed by atoms with Crippen molar-refractivity contribution in [2.24, 2.45) is 7.05 Å². The van der Waals surface area contributed by atoms with E-state index in [1.807, 2.05) is 17.8 Å². The summed E-state index contributed by atoms with van der Waals surface area (Å²) in [6, 6.07) is 0. The normalized spacial score (nSPS) is 14.1. The molecule has 0 radical (unpaired) electrons. The molecule has 0 aliphatic heterocycles. The lowest BCUT2D eigenvalue weighted by molar-refractivity contribution is -0.671. The highest BCUT2D eigenvalue weighted by Crippen LogP contribution is 2.72. The molecule has 0 unspecified atom stereocenters. The van der Waals surface area contributed by atoms with Gasteiger partial charge in [-0.15, -0.1) is 0 Å². The second-order valence-electron chi connectivity index (χ2n) is 4.54. The number of aromatic nitrogens is 2. The van der Waals surface area contributed by atoms with Crippen LogP contribution in [-0.2, 0) is 18.2 Å². The maximum absolute atomic E-state index is 12.1. The van der Waals surface area contributed by atoms with E-state index < -0.39 is 31.0 Å². The molecule has 0 saturated heterocycles. The molecule has 1 aromatic rings. The molecule has 0 bridgehead atoms. The van der Waals surface area contributed by atoms with E-state index in [0.717, 1.165) is 6.54 Å². The summed E-state index contributed by atoms with van der Waals surface area (Å²) in [5.41, 5.74) is -14.4. The molecular formula is C10H11F10N2O2P. The molecule has 0 spiro atoms. The predicted molar refractivity (Wildman–Crippen MR) is 60.9 cm³/mol. The molecule has 0 atom stereocenters. The van der Waals surface area contributed by atoms with Gasteiger partial charge in [-0.1, -0.05) is 0 Å². The Kier molecular flexibility index (Phi) is 6.77. The van der Waals surface area contributed by atoms with E-state index in [4.69, 9.17) is 0 Å². The van der Waals surface area contributed by atoms with Crippen LogP contribution in [-0.4, -0.2) is 28.2 Å². The van der Waals surface area contributed by atoms with E-state index >= 15 is 0 Å². The molecule has 25 heavy (non-hydrogen) atoms. The van der Waals surface area contributed by atoms with Gasteiger partial charge in [0.25, 0.3) is 0 Å². The van der Waals surface area contributed by atoms with Crippen LogP contribution in [0.5, 0.6) is 0 Å². The van der Waals surface area contributed by atoms with Gasteiger partial charge in [-0.05, 0) is 6.92 Å². The molecular weight excluding hydrogens is 401 g/mol. The Hall–Kier alpha value is -1.30. The first kappa shape index (κ1) is 23.7. The van der Waals surface area contributed by atoms with Gasteiger partial charge in [-0.2, -0.15) is 43.9 Å². The molecule has 0 aliphatic rings. The molecule has 15 heteroatoms. The molecule has 1 aromatic heterocycles. The minimum Gasteiger partial charge on any atom is -0.790 e. The Bertz CT molecular complexity index is 592. The first-order valence-corrected chi connectivity index (χ1v) is 7.66. The summed E-state index contributed by atoms with van der Waals surface area (Å²) in [4.78, 5) is 10.1. The Morgan fingerprint density at radius 1 is 0.960 bits per heavy atom. The van der Waals surface area contributed by atoms with Crippen molar-refractivity contribution in [1.82, 2.24) is 4.57 Å². The van der Waals surface area contributed by atoms with Crippen molar-refractivity contribution in [3.63, 3.8) is 0 Å². The van der Waals surface area contributed by atoms with E-state index in [1.54, 1.807) is 0 Å². The van der Waals surface area contributed by atoms with E-state index in [-0.39, 0.29) is 0 Å². The second kappa shape index (κ2) is 7.14. The van der Waals surface area contributed by atoms with Crippen LogP contribution >= 0.6 is 7.37 Å². The monoisotopic (exact) mass is 412 g/mol. The minimum absolute atomic E-state index is 1.06. The van der Waals surface area contributed by atoms with Gasteiger partial charge in [-0.25, -0.2) is 9.13 Å². The van der Waals surface area contributed by atoms with Gasteiger partial charge in [-0.3, -0.25) is 0 Å². The topological polar surface area (TPSA) is 48.9 Å². The fraction of sp³-hybridized carbons (Fsp3) is 0.700. The molecule has 0 N–H and O–H groups in total. The number of rotatable bonds is 3. The summed E-state index contributed by atoms with van der Waals surface area (Å²) in [6.07, 6.45) is -8.03. The van der Waals surface area contributed by atoms with E-state index in [1.165, 1.54) is 0 Å². The number of aryl methyl sites for hydroxylation is 2. The lowest BCUT2D eigenvalue weighted by Gasteiger charge is -2.38. The average Bonchev–Trinajstić information content (AvgIpc) is 2.82. The molecule has 0 amide bonds. The summed E-state index contributed by atoms with van der Waals surface area (Å²) in [5, 5.41) is 0. The third-order valence-corrected chi connectivity index (χ3v) is 4.60. The number of imidazole rings is 1. The second-order valence-corrected chi connectivity index (χ2v) is 6.77. The lowest BCUT2D eigenvalue weighted by atomic mass is 10.7. The molecule has 0 aliphatic carbocycles. The number of nitrogens with zero attached hydrogens (tertiary/aromatic N) is 2. The number of hydrogen-bond acceptors (Lipinski definition) is 2. The number of halogens is 10. The first-order chi connectivity index (χ1) is 10.8. The maximum Gasteiger partial charge on any atom is 0.459 e. The molecule has 148 valence electrons. The quantitative estimate of drug-likeness (QED) is 0.435. The van der Waals surface area contributed by atoms with E-state index in [2.05, 4.69) is 24.0 Å². The lowest BCUT2D eigenvalue weighted by Crippen LogP contribution is -2.50. The Morgan fingerprint density at radius 3 is 1.48 bits per heavy atom. The fourth-order valence-electron chi connectivity index (χ4n) is 1.20. The van der Waals surface area contributed by atoms with Crippen LogP contribution in [0.2, 0.25) is 0 Å². The van der Waals surface area contributed by atoms with Gasteiger partial charge in [0.05, 0.1) is 13.6 Å². The molecule has 0 aromatic carbocycles. The van der Waals surface area contributed by atoms with Gasteiger partial charge >= 0.3 is 23.7 Å². The zero-order chi connectivity index (χ0) is 20.5. The zero-order valence-corrected chi connectivity index (χ0v) is 13.3. The number of alkyl halides is 10. The highest BCUT2D eigenvalue weighted by atomic mass is 31.2. The average molecular weight is 412 g/mol. The highest BCUT2D eigenvalue weighted by Gasteiger charge is 2.78. The number of hydrogen-bond donors (Lipinski definition) is 0. The summed E-state index contributed by atoms with van der Waals surface area (Å²) in [5.74, 6) is 0. The molecule has 4 nitrogen and oxygen atoms in total. The zero-order valence-electron chi connectivity index (χ0n) is 12.4. The molecule has 0 fully saturated rings. The van der Waals surface area contributed by atoms with Gasteiger partial charge in [0.1, 0.15) is 12.4 Å². The summed E-state index contributed by atoms with van der Waals surface area (Å²) < 4.78 is 131. The smallest absolute Gasteiger partial charge is 0.459 e. The van der Waals surface area contributed by atoms with Crippen molar-refractivity contribution in [2.45, 2.75) is 37.1 Å². The van der Waals surface area contributed by atoms with Gasteiger partial charge < -0.3 is 9.46 Å². The van der Waals surface area contributed by atoms with E-state index in [0.29, 0.717) is 0 Å². The van der Waals surface area contributed by atoms with Gasteiger partial charge in [0.2, 0.25) is 6.33 Å². The van der Waals surface area contributed by atoms with Crippen molar-refractivity contribution < 1.29 is 57.9 Å².